The normalized spacial score (nSPS) is 10.7. The van der Waals surface area contributed by atoms with Crippen LogP contribution in [0.4, 0.5) is 5.69 Å². The van der Waals surface area contributed by atoms with Crippen molar-refractivity contribution in [2.24, 2.45) is 0 Å². The van der Waals surface area contributed by atoms with Crippen LogP contribution in [-0.2, 0) is 0 Å². The van der Waals surface area contributed by atoms with Crippen molar-refractivity contribution in [1.29, 1.82) is 0 Å². The molecule has 6 nitrogen and oxygen atoms in total. The standard InChI is InChI=1S/C14H12N4O2/c1-9-11(3-2-4-13(9)19)17-14(20)10-7-16-18-6-5-15-8-12(10)18/h2-8,19H,1H3,(H,17,20). The van der Waals surface area contributed by atoms with E-state index in [2.05, 4.69) is 15.4 Å². The number of aromatic hydroxyl groups is 1. The maximum atomic E-state index is 12.3. The van der Waals surface area contributed by atoms with Crippen molar-refractivity contribution in [1.82, 2.24) is 14.6 Å². The predicted molar refractivity (Wildman–Crippen MR) is 73.8 cm³/mol. The van der Waals surface area contributed by atoms with Crippen LogP contribution in [0.1, 0.15) is 15.9 Å². The minimum Gasteiger partial charge on any atom is -0.508 e. The monoisotopic (exact) mass is 268 g/mol. The number of aromatic nitrogens is 3. The number of fused-ring (bicyclic) bond motifs is 1. The molecule has 0 aliphatic heterocycles. The van der Waals surface area contributed by atoms with Crippen LogP contribution in [0.25, 0.3) is 5.52 Å². The molecule has 100 valence electrons. The maximum Gasteiger partial charge on any atom is 0.259 e. The van der Waals surface area contributed by atoms with E-state index in [0.29, 0.717) is 22.3 Å². The van der Waals surface area contributed by atoms with Gasteiger partial charge in [0.2, 0.25) is 0 Å². The SMILES string of the molecule is Cc1c(O)cccc1NC(=O)c1cnn2ccncc12. The van der Waals surface area contributed by atoms with E-state index in [1.165, 1.54) is 6.20 Å². The molecule has 0 bridgehead atoms. The summed E-state index contributed by atoms with van der Waals surface area (Å²) >= 11 is 0. The molecule has 1 aromatic carbocycles. The smallest absolute Gasteiger partial charge is 0.259 e. The Balaban J connectivity index is 1.95. The molecule has 2 aromatic heterocycles. The molecule has 3 rings (SSSR count). The van der Waals surface area contributed by atoms with Gasteiger partial charge in [-0.2, -0.15) is 5.10 Å². The van der Waals surface area contributed by atoms with Gasteiger partial charge in [0.05, 0.1) is 23.5 Å². The van der Waals surface area contributed by atoms with Gasteiger partial charge in [0.15, 0.2) is 0 Å². The Morgan fingerprint density at radius 2 is 2.20 bits per heavy atom. The average Bonchev–Trinajstić information content (AvgIpc) is 2.88. The van der Waals surface area contributed by atoms with Gasteiger partial charge in [0.1, 0.15) is 5.75 Å². The van der Waals surface area contributed by atoms with Crippen molar-refractivity contribution in [2.45, 2.75) is 6.92 Å². The van der Waals surface area contributed by atoms with E-state index in [0.717, 1.165) is 0 Å². The van der Waals surface area contributed by atoms with E-state index >= 15 is 0 Å². The number of nitrogens with one attached hydrogen (secondary N) is 1. The summed E-state index contributed by atoms with van der Waals surface area (Å²) in [4.78, 5) is 16.3. The van der Waals surface area contributed by atoms with Crippen LogP contribution in [0.15, 0.2) is 43.0 Å². The highest BCUT2D eigenvalue weighted by molar-refractivity contribution is 6.09. The zero-order chi connectivity index (χ0) is 14.1. The number of carbonyl (C=O) groups excluding carboxylic acids is 1. The quantitative estimate of drug-likeness (QED) is 0.745. The van der Waals surface area contributed by atoms with Gasteiger partial charge >= 0.3 is 0 Å². The van der Waals surface area contributed by atoms with Crippen LogP contribution in [0, 0.1) is 6.92 Å². The Morgan fingerprint density at radius 1 is 1.35 bits per heavy atom. The number of anilines is 1. The summed E-state index contributed by atoms with van der Waals surface area (Å²) in [6.07, 6.45) is 6.34. The molecule has 2 heterocycles. The molecule has 1 amide bonds. The molecule has 0 aliphatic rings. The highest BCUT2D eigenvalue weighted by atomic mass is 16.3. The van der Waals surface area contributed by atoms with E-state index in [9.17, 15) is 9.90 Å². The lowest BCUT2D eigenvalue weighted by Crippen LogP contribution is -2.12. The van der Waals surface area contributed by atoms with Gasteiger partial charge in [-0.1, -0.05) is 6.07 Å². The van der Waals surface area contributed by atoms with Gasteiger partial charge in [-0.15, -0.1) is 0 Å². The predicted octanol–water partition coefficient (Wildman–Crippen LogP) is 2.00. The van der Waals surface area contributed by atoms with Crippen molar-refractivity contribution in [3.05, 3.63) is 54.1 Å². The van der Waals surface area contributed by atoms with Crippen LogP contribution in [0.5, 0.6) is 5.75 Å². The summed E-state index contributed by atoms with van der Waals surface area (Å²) in [7, 11) is 0. The van der Waals surface area contributed by atoms with Crippen LogP contribution >= 0.6 is 0 Å². The fraction of sp³-hybridized carbons (Fsp3) is 0.0714. The average molecular weight is 268 g/mol. The first kappa shape index (κ1) is 12.2. The minimum atomic E-state index is -0.290. The van der Waals surface area contributed by atoms with Crippen molar-refractivity contribution < 1.29 is 9.90 Å². The first-order valence-corrected chi connectivity index (χ1v) is 6.04. The van der Waals surface area contributed by atoms with Crippen LogP contribution < -0.4 is 5.32 Å². The number of amides is 1. The number of phenols is 1. The molecule has 0 aliphatic carbocycles. The molecular formula is C14H12N4O2. The molecule has 0 saturated heterocycles. The summed E-state index contributed by atoms with van der Waals surface area (Å²) in [6, 6.07) is 4.98. The Labute approximate surface area is 114 Å². The number of carbonyl (C=O) groups is 1. The maximum absolute atomic E-state index is 12.3. The van der Waals surface area contributed by atoms with Gasteiger partial charge in [-0.25, -0.2) is 4.52 Å². The first-order chi connectivity index (χ1) is 9.66. The second-order valence-electron chi connectivity index (χ2n) is 4.37. The summed E-state index contributed by atoms with van der Waals surface area (Å²) in [5, 5.41) is 16.5. The fourth-order valence-corrected chi connectivity index (χ4v) is 1.96. The Bertz CT molecular complexity index is 795. The van der Waals surface area contributed by atoms with E-state index in [1.54, 1.807) is 48.2 Å². The third kappa shape index (κ3) is 1.97. The van der Waals surface area contributed by atoms with E-state index in [-0.39, 0.29) is 11.7 Å². The second kappa shape index (κ2) is 4.65. The third-order valence-corrected chi connectivity index (χ3v) is 3.12. The first-order valence-electron chi connectivity index (χ1n) is 6.04. The van der Waals surface area contributed by atoms with E-state index in [4.69, 9.17) is 0 Å². The summed E-state index contributed by atoms with van der Waals surface area (Å²) in [5.74, 6) is -0.147. The molecule has 0 spiro atoms. The molecule has 0 fully saturated rings. The Hall–Kier alpha value is -2.89. The molecule has 3 aromatic rings. The van der Waals surface area contributed by atoms with Gasteiger partial charge in [0, 0.05) is 23.6 Å². The summed E-state index contributed by atoms with van der Waals surface area (Å²) in [5.41, 5.74) is 2.25. The topological polar surface area (TPSA) is 79.5 Å². The largest absolute Gasteiger partial charge is 0.508 e. The van der Waals surface area contributed by atoms with E-state index < -0.39 is 0 Å². The summed E-state index contributed by atoms with van der Waals surface area (Å²) in [6.45, 7) is 1.74. The Morgan fingerprint density at radius 3 is 3.05 bits per heavy atom. The molecule has 0 atom stereocenters. The second-order valence-corrected chi connectivity index (χ2v) is 4.37. The highest BCUT2D eigenvalue weighted by Gasteiger charge is 2.14. The molecular weight excluding hydrogens is 256 g/mol. The van der Waals surface area contributed by atoms with Crippen LogP contribution in [-0.4, -0.2) is 25.6 Å². The number of rotatable bonds is 2. The van der Waals surface area contributed by atoms with Gasteiger partial charge in [-0.3, -0.25) is 9.78 Å². The summed E-state index contributed by atoms with van der Waals surface area (Å²) < 4.78 is 1.58. The zero-order valence-corrected chi connectivity index (χ0v) is 10.7. The molecule has 0 radical (unpaired) electrons. The highest BCUT2D eigenvalue weighted by Crippen LogP contribution is 2.24. The third-order valence-electron chi connectivity index (χ3n) is 3.12. The lowest BCUT2D eigenvalue weighted by molar-refractivity contribution is 0.102. The molecule has 20 heavy (non-hydrogen) atoms. The lowest BCUT2D eigenvalue weighted by Gasteiger charge is -2.08. The van der Waals surface area contributed by atoms with Gasteiger partial charge in [0.25, 0.3) is 5.91 Å². The lowest BCUT2D eigenvalue weighted by atomic mass is 10.1. The van der Waals surface area contributed by atoms with Crippen molar-refractivity contribution in [3.63, 3.8) is 0 Å². The van der Waals surface area contributed by atoms with E-state index in [1.807, 2.05) is 0 Å². The number of hydrogen-bond donors (Lipinski definition) is 2. The van der Waals surface area contributed by atoms with Crippen molar-refractivity contribution >= 4 is 17.1 Å². The number of phenolic OH excluding ortho intramolecular Hbond substituents is 1. The molecule has 0 saturated carbocycles. The van der Waals surface area contributed by atoms with Gasteiger partial charge < -0.3 is 10.4 Å². The molecule has 6 heteroatoms. The fourth-order valence-electron chi connectivity index (χ4n) is 1.96. The number of hydrogen-bond acceptors (Lipinski definition) is 4. The van der Waals surface area contributed by atoms with Crippen molar-refractivity contribution in [2.75, 3.05) is 5.32 Å². The molecule has 2 N–H and O–H groups in total. The van der Waals surface area contributed by atoms with Crippen molar-refractivity contribution in [3.8, 4) is 5.75 Å². The van der Waals surface area contributed by atoms with Crippen LogP contribution in [0.2, 0.25) is 0 Å². The minimum absolute atomic E-state index is 0.143. The van der Waals surface area contributed by atoms with Crippen LogP contribution in [0.3, 0.4) is 0 Å². The molecule has 0 unspecified atom stereocenters. The Kier molecular flexibility index (Phi) is 2.83. The zero-order valence-electron chi connectivity index (χ0n) is 10.7. The number of nitrogens with zero attached hydrogens (tertiary/aromatic N) is 3. The van der Waals surface area contributed by atoms with Gasteiger partial charge in [-0.05, 0) is 19.1 Å². The number of benzene rings is 1.